The molecule has 0 heterocycles. The fourth-order valence-electron chi connectivity index (χ4n) is 2.05. The van der Waals surface area contributed by atoms with E-state index in [1.165, 1.54) is 18.2 Å². The number of carbonyl (C=O) groups is 1. The second-order valence-corrected chi connectivity index (χ2v) is 6.33. The first-order valence-electron chi connectivity index (χ1n) is 7.63. The summed E-state index contributed by atoms with van der Waals surface area (Å²) in [5.74, 6) is 0.361. The highest BCUT2D eigenvalue weighted by molar-refractivity contribution is 5.99. The van der Waals surface area contributed by atoms with E-state index < -0.39 is 0 Å². The Hall–Kier alpha value is -1.71. The first-order valence-corrected chi connectivity index (χ1v) is 7.63. The van der Waals surface area contributed by atoms with Gasteiger partial charge in [0.2, 0.25) is 0 Å². The molecule has 0 aliphatic rings. The second-order valence-electron chi connectivity index (χ2n) is 6.33. The molecule has 0 bridgehead atoms. The van der Waals surface area contributed by atoms with E-state index in [4.69, 9.17) is 0 Å². The molecule has 1 amide bonds. The van der Waals surface area contributed by atoms with Crippen molar-refractivity contribution in [1.82, 2.24) is 4.90 Å². The molecule has 2 N–H and O–H groups in total. The van der Waals surface area contributed by atoms with Crippen LogP contribution < -0.4 is 0 Å². The van der Waals surface area contributed by atoms with Crippen molar-refractivity contribution in [3.63, 3.8) is 0 Å². The number of amides is 1. The molecule has 0 aliphatic heterocycles. The third-order valence-corrected chi connectivity index (χ3v) is 3.47. The third kappa shape index (κ3) is 5.29. The molecular weight excluding hydrogens is 266 g/mol. The van der Waals surface area contributed by atoms with Gasteiger partial charge in [-0.05, 0) is 36.8 Å². The average Bonchev–Trinajstić information content (AvgIpc) is 2.37. The lowest BCUT2D eigenvalue weighted by Gasteiger charge is -2.25. The Morgan fingerprint density at radius 3 is 1.81 bits per heavy atom. The Balaban J connectivity index is 2.92. The number of benzene rings is 1. The van der Waals surface area contributed by atoms with Gasteiger partial charge in [-0.25, -0.2) is 0 Å². The zero-order valence-corrected chi connectivity index (χ0v) is 13.5. The summed E-state index contributed by atoms with van der Waals surface area (Å²) in [6.45, 7) is 9.73. The average molecular weight is 293 g/mol. The molecule has 0 unspecified atom stereocenters. The number of rotatable bonds is 7. The first kappa shape index (κ1) is 17.3. The van der Waals surface area contributed by atoms with Crippen LogP contribution in [0.2, 0.25) is 0 Å². The fraction of sp³-hybridized carbons (Fsp3) is 0.588. The summed E-state index contributed by atoms with van der Waals surface area (Å²) in [6, 6.07) is 4.38. The maximum Gasteiger partial charge on any atom is 0.261 e. The molecular formula is C17H27NO3. The van der Waals surface area contributed by atoms with Gasteiger partial charge < -0.3 is 15.1 Å². The van der Waals surface area contributed by atoms with Gasteiger partial charge in [-0.3, -0.25) is 4.79 Å². The van der Waals surface area contributed by atoms with Crippen LogP contribution in [0.5, 0.6) is 11.5 Å². The van der Waals surface area contributed by atoms with E-state index in [0.717, 1.165) is 12.8 Å². The normalized spacial score (nSPS) is 11.1. The van der Waals surface area contributed by atoms with Crippen molar-refractivity contribution in [2.24, 2.45) is 11.8 Å². The Bertz CT molecular complexity index is 437. The largest absolute Gasteiger partial charge is 0.507 e. The quantitative estimate of drug-likeness (QED) is 0.807. The highest BCUT2D eigenvalue weighted by atomic mass is 16.3. The lowest BCUT2D eigenvalue weighted by molar-refractivity contribution is 0.0734. The molecule has 0 saturated carbocycles. The topological polar surface area (TPSA) is 60.8 Å². The van der Waals surface area contributed by atoms with E-state index in [-0.39, 0.29) is 23.0 Å². The van der Waals surface area contributed by atoms with E-state index in [1.54, 1.807) is 4.90 Å². The van der Waals surface area contributed by atoms with E-state index in [1.807, 2.05) is 0 Å². The van der Waals surface area contributed by atoms with Crippen molar-refractivity contribution < 1.29 is 15.0 Å². The highest BCUT2D eigenvalue weighted by Crippen LogP contribution is 2.28. The van der Waals surface area contributed by atoms with Gasteiger partial charge in [0, 0.05) is 13.1 Å². The van der Waals surface area contributed by atoms with Crippen LogP contribution in [-0.4, -0.2) is 34.1 Å². The van der Waals surface area contributed by atoms with Crippen molar-refractivity contribution in [3.05, 3.63) is 23.8 Å². The highest BCUT2D eigenvalue weighted by Gasteiger charge is 2.22. The predicted octanol–water partition coefficient (Wildman–Crippen LogP) is 3.63. The Morgan fingerprint density at radius 1 is 1.00 bits per heavy atom. The molecule has 1 aromatic rings. The van der Waals surface area contributed by atoms with Gasteiger partial charge in [-0.1, -0.05) is 33.8 Å². The molecule has 0 saturated heterocycles. The molecule has 4 nitrogen and oxygen atoms in total. The van der Waals surface area contributed by atoms with Crippen LogP contribution in [0, 0.1) is 11.8 Å². The number of carbonyl (C=O) groups excluding carboxylic acids is 1. The van der Waals surface area contributed by atoms with Gasteiger partial charge in [0.25, 0.3) is 5.91 Å². The van der Waals surface area contributed by atoms with Gasteiger partial charge in [-0.2, -0.15) is 0 Å². The summed E-state index contributed by atoms with van der Waals surface area (Å²) >= 11 is 0. The maximum atomic E-state index is 12.6. The van der Waals surface area contributed by atoms with Gasteiger partial charge >= 0.3 is 0 Å². The van der Waals surface area contributed by atoms with Crippen LogP contribution in [0.1, 0.15) is 50.9 Å². The zero-order valence-electron chi connectivity index (χ0n) is 13.5. The number of hydrogen-bond acceptors (Lipinski definition) is 3. The van der Waals surface area contributed by atoms with Crippen LogP contribution in [0.3, 0.4) is 0 Å². The van der Waals surface area contributed by atoms with Crippen LogP contribution in [0.4, 0.5) is 0 Å². The van der Waals surface area contributed by atoms with Crippen LogP contribution in [0.25, 0.3) is 0 Å². The minimum atomic E-state index is -0.299. The smallest absolute Gasteiger partial charge is 0.261 e. The molecule has 0 aliphatic carbocycles. The van der Waals surface area contributed by atoms with Crippen molar-refractivity contribution >= 4 is 5.91 Å². The minimum Gasteiger partial charge on any atom is -0.507 e. The standard InChI is InChI=1S/C17H27NO3/c1-12(2)8-10-18(11-9-13(3)4)17(21)16-14(19)6-5-7-15(16)20/h5-7,12-13,19-20H,8-11H2,1-4H3. The SMILES string of the molecule is CC(C)CCN(CCC(C)C)C(=O)c1c(O)cccc1O. The molecule has 118 valence electrons. The Labute approximate surface area is 127 Å². The number of nitrogens with zero attached hydrogens (tertiary/aromatic N) is 1. The van der Waals surface area contributed by atoms with Gasteiger partial charge in [0.1, 0.15) is 17.1 Å². The third-order valence-electron chi connectivity index (χ3n) is 3.47. The first-order chi connectivity index (χ1) is 9.82. The number of phenolic OH excluding ortho intramolecular Hbond substituents is 2. The van der Waals surface area contributed by atoms with E-state index in [9.17, 15) is 15.0 Å². The molecule has 0 radical (unpaired) electrons. The van der Waals surface area contributed by atoms with E-state index in [2.05, 4.69) is 27.7 Å². The van der Waals surface area contributed by atoms with Gasteiger partial charge in [-0.15, -0.1) is 0 Å². The van der Waals surface area contributed by atoms with Crippen LogP contribution >= 0.6 is 0 Å². The monoisotopic (exact) mass is 293 g/mol. The summed E-state index contributed by atoms with van der Waals surface area (Å²) < 4.78 is 0. The summed E-state index contributed by atoms with van der Waals surface area (Å²) in [7, 11) is 0. The molecule has 0 aromatic heterocycles. The molecule has 4 heteroatoms. The number of aromatic hydroxyl groups is 2. The molecule has 0 atom stereocenters. The van der Waals surface area contributed by atoms with Gasteiger partial charge in [0.15, 0.2) is 0 Å². The second kappa shape index (κ2) is 7.91. The number of phenols is 2. The van der Waals surface area contributed by atoms with Crippen LogP contribution in [-0.2, 0) is 0 Å². The molecule has 21 heavy (non-hydrogen) atoms. The lowest BCUT2D eigenvalue weighted by atomic mass is 10.1. The molecule has 1 aromatic carbocycles. The summed E-state index contributed by atoms with van der Waals surface area (Å²) in [5, 5.41) is 19.7. The van der Waals surface area contributed by atoms with Crippen molar-refractivity contribution in [2.75, 3.05) is 13.1 Å². The Morgan fingerprint density at radius 2 is 1.43 bits per heavy atom. The van der Waals surface area contributed by atoms with Crippen LogP contribution in [0.15, 0.2) is 18.2 Å². The van der Waals surface area contributed by atoms with E-state index >= 15 is 0 Å². The fourth-order valence-corrected chi connectivity index (χ4v) is 2.05. The molecule has 0 fully saturated rings. The summed E-state index contributed by atoms with van der Waals surface area (Å²) in [5.41, 5.74) is 0.00464. The Kier molecular flexibility index (Phi) is 6.53. The van der Waals surface area contributed by atoms with Gasteiger partial charge in [0.05, 0.1) is 0 Å². The lowest BCUT2D eigenvalue weighted by Crippen LogP contribution is -2.34. The van der Waals surface area contributed by atoms with E-state index in [0.29, 0.717) is 24.9 Å². The van der Waals surface area contributed by atoms with Crippen molar-refractivity contribution in [3.8, 4) is 11.5 Å². The minimum absolute atomic E-state index is 0.00464. The zero-order chi connectivity index (χ0) is 16.0. The summed E-state index contributed by atoms with van der Waals surface area (Å²) in [6.07, 6.45) is 1.80. The molecule has 1 rings (SSSR count). The van der Waals surface area contributed by atoms with Crippen molar-refractivity contribution in [2.45, 2.75) is 40.5 Å². The maximum absolute atomic E-state index is 12.6. The summed E-state index contributed by atoms with van der Waals surface area (Å²) in [4.78, 5) is 14.3. The number of hydrogen-bond donors (Lipinski definition) is 2. The van der Waals surface area contributed by atoms with Crippen molar-refractivity contribution in [1.29, 1.82) is 0 Å². The predicted molar refractivity (Wildman–Crippen MR) is 84.6 cm³/mol. The molecule has 0 spiro atoms.